The second-order valence-corrected chi connectivity index (χ2v) is 5.57. The van der Waals surface area contributed by atoms with Crippen LogP contribution in [-0.2, 0) is 0 Å². The molecule has 0 spiro atoms. The second-order valence-electron chi connectivity index (χ2n) is 5.57. The predicted octanol–water partition coefficient (Wildman–Crippen LogP) is 2.00. The fourth-order valence-electron chi connectivity index (χ4n) is 2.52. The standard InChI is InChI=1S/C12H27N2/c1-12(2,8-9-13-3)14(4)10-6-5-7-11-14/h13H,5-11H2,1-4H3/q+1. The molecule has 1 aliphatic rings. The Morgan fingerprint density at radius 3 is 2.21 bits per heavy atom. The van der Waals surface area contributed by atoms with Gasteiger partial charge in [-0.05, 0) is 40.2 Å². The van der Waals surface area contributed by atoms with Crippen molar-refractivity contribution in [1.29, 1.82) is 0 Å². The van der Waals surface area contributed by atoms with Crippen molar-refractivity contribution in [1.82, 2.24) is 5.32 Å². The van der Waals surface area contributed by atoms with Gasteiger partial charge in [-0.15, -0.1) is 0 Å². The number of likely N-dealkylation sites (tertiary alicyclic amines) is 1. The zero-order valence-corrected chi connectivity index (χ0v) is 10.4. The summed E-state index contributed by atoms with van der Waals surface area (Å²) in [5.41, 5.74) is 0.434. The van der Waals surface area contributed by atoms with E-state index in [0.717, 1.165) is 6.54 Å². The maximum Gasteiger partial charge on any atom is 0.0945 e. The van der Waals surface area contributed by atoms with Crippen molar-refractivity contribution in [3.63, 3.8) is 0 Å². The first kappa shape index (κ1) is 12.0. The van der Waals surface area contributed by atoms with Crippen molar-refractivity contribution in [3.8, 4) is 0 Å². The molecular weight excluding hydrogens is 172 g/mol. The van der Waals surface area contributed by atoms with E-state index in [1.165, 1.54) is 43.3 Å². The summed E-state index contributed by atoms with van der Waals surface area (Å²) in [6.45, 7) is 8.74. The van der Waals surface area contributed by atoms with Crippen molar-refractivity contribution < 1.29 is 4.48 Å². The normalized spacial score (nSPS) is 22.3. The van der Waals surface area contributed by atoms with Crippen LogP contribution < -0.4 is 5.32 Å². The summed E-state index contributed by atoms with van der Waals surface area (Å²) < 4.78 is 1.27. The highest BCUT2D eigenvalue weighted by atomic mass is 15.4. The maximum absolute atomic E-state index is 3.27. The smallest absolute Gasteiger partial charge is 0.0945 e. The van der Waals surface area contributed by atoms with Gasteiger partial charge in [0, 0.05) is 13.0 Å². The minimum Gasteiger partial charge on any atom is -0.322 e. The fraction of sp³-hybridized carbons (Fsp3) is 1.00. The Labute approximate surface area is 89.3 Å². The highest BCUT2D eigenvalue weighted by molar-refractivity contribution is 4.73. The van der Waals surface area contributed by atoms with Gasteiger partial charge in [-0.25, -0.2) is 0 Å². The molecule has 0 aromatic carbocycles. The first-order chi connectivity index (χ1) is 6.52. The Bertz CT molecular complexity index is 169. The molecule has 0 aromatic rings. The van der Waals surface area contributed by atoms with Crippen molar-refractivity contribution in [2.75, 3.05) is 33.7 Å². The molecule has 2 nitrogen and oxygen atoms in total. The lowest BCUT2D eigenvalue weighted by molar-refractivity contribution is -0.959. The zero-order chi connectivity index (χ0) is 10.7. The molecule has 0 bridgehead atoms. The molecule has 84 valence electrons. The molecular formula is C12H27N2+. The van der Waals surface area contributed by atoms with E-state index < -0.39 is 0 Å². The van der Waals surface area contributed by atoms with Gasteiger partial charge in [0.25, 0.3) is 0 Å². The highest BCUT2D eigenvalue weighted by Crippen LogP contribution is 2.30. The van der Waals surface area contributed by atoms with Crippen molar-refractivity contribution >= 4 is 0 Å². The van der Waals surface area contributed by atoms with Gasteiger partial charge in [0.15, 0.2) is 0 Å². The Hall–Kier alpha value is -0.0800. The van der Waals surface area contributed by atoms with Crippen molar-refractivity contribution in [2.24, 2.45) is 0 Å². The molecule has 0 saturated carbocycles. The van der Waals surface area contributed by atoms with Crippen LogP contribution >= 0.6 is 0 Å². The number of nitrogens with one attached hydrogen (secondary N) is 1. The second kappa shape index (κ2) is 4.63. The zero-order valence-electron chi connectivity index (χ0n) is 10.4. The topological polar surface area (TPSA) is 12.0 Å². The molecule has 2 heteroatoms. The van der Waals surface area contributed by atoms with E-state index in [1.54, 1.807) is 0 Å². The summed E-state index contributed by atoms with van der Waals surface area (Å²) in [6, 6.07) is 0. The summed E-state index contributed by atoms with van der Waals surface area (Å²) in [4.78, 5) is 0. The van der Waals surface area contributed by atoms with E-state index in [9.17, 15) is 0 Å². The van der Waals surface area contributed by atoms with Crippen molar-refractivity contribution in [3.05, 3.63) is 0 Å². The highest BCUT2D eigenvalue weighted by Gasteiger charge is 2.40. The molecule has 1 fully saturated rings. The minimum atomic E-state index is 0.434. The van der Waals surface area contributed by atoms with Gasteiger partial charge in [-0.1, -0.05) is 0 Å². The van der Waals surface area contributed by atoms with Crippen LogP contribution in [0.15, 0.2) is 0 Å². The molecule has 0 aromatic heterocycles. The van der Waals surface area contributed by atoms with Crippen LogP contribution in [0.25, 0.3) is 0 Å². The van der Waals surface area contributed by atoms with Crippen LogP contribution in [0, 0.1) is 0 Å². The molecule has 1 aliphatic heterocycles. The largest absolute Gasteiger partial charge is 0.322 e. The molecule has 0 radical (unpaired) electrons. The van der Waals surface area contributed by atoms with Crippen LogP contribution in [0.1, 0.15) is 39.5 Å². The monoisotopic (exact) mass is 199 g/mol. The lowest BCUT2D eigenvalue weighted by Crippen LogP contribution is -2.61. The average molecular weight is 199 g/mol. The Kier molecular flexibility index (Phi) is 3.96. The minimum absolute atomic E-state index is 0.434. The van der Waals surface area contributed by atoms with Crippen LogP contribution in [0.3, 0.4) is 0 Å². The molecule has 0 aliphatic carbocycles. The number of nitrogens with zero attached hydrogens (tertiary/aromatic N) is 1. The van der Waals surface area contributed by atoms with Gasteiger partial charge in [-0.2, -0.15) is 0 Å². The average Bonchev–Trinajstić information content (AvgIpc) is 2.16. The third-order valence-electron chi connectivity index (χ3n) is 4.25. The van der Waals surface area contributed by atoms with Gasteiger partial charge < -0.3 is 9.80 Å². The summed E-state index contributed by atoms with van der Waals surface area (Å²) in [5, 5.41) is 3.27. The maximum atomic E-state index is 3.27. The molecule has 1 rings (SSSR count). The lowest BCUT2D eigenvalue weighted by Gasteiger charge is -2.50. The number of quaternary nitrogens is 1. The lowest BCUT2D eigenvalue weighted by atomic mass is 9.91. The molecule has 0 atom stereocenters. The van der Waals surface area contributed by atoms with Crippen LogP contribution in [0.4, 0.5) is 0 Å². The van der Waals surface area contributed by atoms with E-state index in [2.05, 4.69) is 26.2 Å². The quantitative estimate of drug-likeness (QED) is 0.683. The number of rotatable bonds is 4. The van der Waals surface area contributed by atoms with E-state index in [0.29, 0.717) is 5.54 Å². The van der Waals surface area contributed by atoms with Gasteiger partial charge >= 0.3 is 0 Å². The van der Waals surface area contributed by atoms with Crippen LogP contribution in [0.2, 0.25) is 0 Å². The molecule has 1 heterocycles. The molecule has 1 N–H and O–H groups in total. The van der Waals surface area contributed by atoms with E-state index in [4.69, 9.17) is 0 Å². The summed E-state index contributed by atoms with van der Waals surface area (Å²) in [6.07, 6.45) is 5.55. The predicted molar refractivity (Wildman–Crippen MR) is 62.4 cm³/mol. The first-order valence-corrected chi connectivity index (χ1v) is 6.01. The van der Waals surface area contributed by atoms with E-state index in [1.807, 2.05) is 7.05 Å². The van der Waals surface area contributed by atoms with Gasteiger partial charge in [0.1, 0.15) is 0 Å². The Balaban J connectivity index is 2.57. The van der Waals surface area contributed by atoms with Gasteiger partial charge in [-0.3, -0.25) is 0 Å². The third kappa shape index (κ3) is 2.48. The van der Waals surface area contributed by atoms with E-state index in [-0.39, 0.29) is 0 Å². The SMILES string of the molecule is CNCCC(C)(C)[N+]1(C)CCCCC1. The Morgan fingerprint density at radius 1 is 1.14 bits per heavy atom. The number of hydrogen-bond donors (Lipinski definition) is 1. The van der Waals surface area contributed by atoms with Crippen LogP contribution in [-0.4, -0.2) is 43.8 Å². The van der Waals surface area contributed by atoms with Gasteiger partial charge in [0.05, 0.1) is 25.7 Å². The summed E-state index contributed by atoms with van der Waals surface area (Å²) in [7, 11) is 4.49. The number of piperidine rings is 1. The first-order valence-electron chi connectivity index (χ1n) is 6.01. The number of hydrogen-bond acceptors (Lipinski definition) is 1. The van der Waals surface area contributed by atoms with Gasteiger partial charge in [0.2, 0.25) is 0 Å². The summed E-state index contributed by atoms with van der Waals surface area (Å²) in [5.74, 6) is 0. The molecule has 1 saturated heterocycles. The van der Waals surface area contributed by atoms with Crippen molar-refractivity contribution in [2.45, 2.75) is 45.1 Å². The molecule has 14 heavy (non-hydrogen) atoms. The summed E-state index contributed by atoms with van der Waals surface area (Å²) >= 11 is 0. The molecule has 0 unspecified atom stereocenters. The Morgan fingerprint density at radius 2 is 1.71 bits per heavy atom. The fourth-order valence-corrected chi connectivity index (χ4v) is 2.52. The van der Waals surface area contributed by atoms with Crippen LogP contribution in [0.5, 0.6) is 0 Å². The molecule has 0 amide bonds. The van der Waals surface area contributed by atoms with E-state index >= 15 is 0 Å². The third-order valence-corrected chi connectivity index (χ3v) is 4.25.